The molecule has 0 radical (unpaired) electrons. The number of carbonyl (C=O) groups excluding carboxylic acids is 1. The van der Waals surface area contributed by atoms with Crippen molar-refractivity contribution in [1.82, 2.24) is 10.6 Å². The lowest BCUT2D eigenvalue weighted by atomic mass is 9.99. The van der Waals surface area contributed by atoms with E-state index in [1.807, 2.05) is 6.92 Å². The van der Waals surface area contributed by atoms with Gasteiger partial charge in [-0.3, -0.25) is 4.79 Å². The van der Waals surface area contributed by atoms with E-state index in [-0.39, 0.29) is 42.4 Å². The van der Waals surface area contributed by atoms with Crippen LogP contribution in [0, 0.1) is 11.6 Å². The standard InChI is InChI=1S/C14H18F2N2O.ClH/c1-9-13(3-2-6-17-9)18-14(19)8-10-7-11(15)4-5-12(10)16;/h4-5,7,9,13,17H,2-3,6,8H2,1H3,(H,18,19);1H. The summed E-state index contributed by atoms with van der Waals surface area (Å²) in [6, 6.07) is 3.41. The monoisotopic (exact) mass is 304 g/mol. The minimum atomic E-state index is -0.550. The molecule has 2 N–H and O–H groups in total. The van der Waals surface area contributed by atoms with E-state index < -0.39 is 11.6 Å². The summed E-state index contributed by atoms with van der Waals surface area (Å²) in [4.78, 5) is 11.9. The highest BCUT2D eigenvalue weighted by atomic mass is 35.5. The first-order valence-corrected chi connectivity index (χ1v) is 6.53. The first-order chi connectivity index (χ1) is 9.06. The maximum Gasteiger partial charge on any atom is 0.224 e. The van der Waals surface area contributed by atoms with E-state index >= 15 is 0 Å². The van der Waals surface area contributed by atoms with Gasteiger partial charge in [0.05, 0.1) is 6.42 Å². The van der Waals surface area contributed by atoms with Gasteiger partial charge in [0.25, 0.3) is 0 Å². The number of piperidine rings is 1. The van der Waals surface area contributed by atoms with E-state index in [2.05, 4.69) is 10.6 Å². The highest BCUT2D eigenvalue weighted by molar-refractivity contribution is 5.85. The van der Waals surface area contributed by atoms with Crippen LogP contribution in [0.25, 0.3) is 0 Å². The Labute approximate surface area is 123 Å². The van der Waals surface area contributed by atoms with Crippen molar-refractivity contribution in [3.8, 4) is 0 Å². The normalized spacial score (nSPS) is 21.9. The van der Waals surface area contributed by atoms with Crippen LogP contribution in [0.3, 0.4) is 0 Å². The Morgan fingerprint density at radius 3 is 2.90 bits per heavy atom. The van der Waals surface area contributed by atoms with Crippen LogP contribution in [0.1, 0.15) is 25.3 Å². The SMILES string of the molecule is CC1NCCCC1NC(=O)Cc1cc(F)ccc1F.Cl. The van der Waals surface area contributed by atoms with E-state index in [4.69, 9.17) is 0 Å². The molecule has 2 unspecified atom stereocenters. The summed E-state index contributed by atoms with van der Waals surface area (Å²) in [7, 11) is 0. The molecule has 6 heteroatoms. The van der Waals surface area contributed by atoms with E-state index in [1.165, 1.54) is 0 Å². The second-order valence-corrected chi connectivity index (χ2v) is 4.97. The molecule has 1 aromatic rings. The summed E-state index contributed by atoms with van der Waals surface area (Å²) in [5, 5.41) is 6.15. The van der Waals surface area contributed by atoms with Gasteiger partial charge in [-0.05, 0) is 44.5 Å². The van der Waals surface area contributed by atoms with E-state index in [0.29, 0.717) is 0 Å². The van der Waals surface area contributed by atoms with Crippen LogP contribution in [-0.2, 0) is 11.2 Å². The lowest BCUT2D eigenvalue weighted by molar-refractivity contribution is -0.121. The van der Waals surface area contributed by atoms with Gasteiger partial charge in [-0.1, -0.05) is 0 Å². The molecular weight excluding hydrogens is 286 g/mol. The molecule has 1 fully saturated rings. The van der Waals surface area contributed by atoms with Crippen molar-refractivity contribution in [2.45, 2.75) is 38.3 Å². The summed E-state index contributed by atoms with van der Waals surface area (Å²) >= 11 is 0. The minimum Gasteiger partial charge on any atom is -0.352 e. The molecule has 1 saturated heterocycles. The topological polar surface area (TPSA) is 41.1 Å². The fourth-order valence-corrected chi connectivity index (χ4v) is 2.35. The van der Waals surface area contributed by atoms with Gasteiger partial charge < -0.3 is 10.6 Å². The van der Waals surface area contributed by atoms with Crippen molar-refractivity contribution in [2.24, 2.45) is 0 Å². The quantitative estimate of drug-likeness (QED) is 0.899. The molecule has 2 atom stereocenters. The van der Waals surface area contributed by atoms with Crippen LogP contribution in [0.2, 0.25) is 0 Å². The van der Waals surface area contributed by atoms with E-state index in [9.17, 15) is 13.6 Å². The zero-order valence-corrected chi connectivity index (χ0v) is 12.1. The minimum absolute atomic E-state index is 0. The number of nitrogens with one attached hydrogen (secondary N) is 2. The molecule has 1 aromatic carbocycles. The van der Waals surface area contributed by atoms with Crippen LogP contribution in [-0.4, -0.2) is 24.5 Å². The summed E-state index contributed by atoms with van der Waals surface area (Å²) < 4.78 is 26.4. The fraction of sp³-hybridized carbons (Fsp3) is 0.500. The Bertz CT molecular complexity index is 470. The van der Waals surface area contributed by atoms with Gasteiger partial charge in [-0.25, -0.2) is 8.78 Å². The van der Waals surface area contributed by atoms with Crippen LogP contribution >= 0.6 is 12.4 Å². The van der Waals surface area contributed by atoms with E-state index in [1.54, 1.807) is 0 Å². The highest BCUT2D eigenvalue weighted by Crippen LogP contribution is 2.12. The lowest BCUT2D eigenvalue weighted by Gasteiger charge is -2.30. The van der Waals surface area contributed by atoms with Crippen molar-refractivity contribution < 1.29 is 13.6 Å². The van der Waals surface area contributed by atoms with Gasteiger partial charge in [-0.15, -0.1) is 12.4 Å². The van der Waals surface area contributed by atoms with Gasteiger partial charge in [0.2, 0.25) is 5.91 Å². The first kappa shape index (κ1) is 16.9. The molecule has 1 heterocycles. The molecule has 0 aromatic heterocycles. The number of amides is 1. The third kappa shape index (κ3) is 4.42. The molecule has 0 spiro atoms. The molecule has 0 saturated carbocycles. The molecule has 1 amide bonds. The van der Waals surface area contributed by atoms with Gasteiger partial charge in [0.1, 0.15) is 11.6 Å². The predicted octanol–water partition coefficient (Wildman–Crippen LogP) is 2.19. The Hall–Kier alpha value is -1.20. The maximum absolute atomic E-state index is 13.4. The molecule has 2 rings (SSSR count). The summed E-state index contributed by atoms with van der Waals surface area (Å²) in [5.41, 5.74) is 0.0916. The van der Waals surface area contributed by atoms with Crippen molar-refractivity contribution in [3.05, 3.63) is 35.4 Å². The van der Waals surface area contributed by atoms with Gasteiger partial charge in [-0.2, -0.15) is 0 Å². The van der Waals surface area contributed by atoms with Crippen molar-refractivity contribution >= 4 is 18.3 Å². The third-order valence-corrected chi connectivity index (χ3v) is 3.47. The van der Waals surface area contributed by atoms with Crippen molar-refractivity contribution in [1.29, 1.82) is 0 Å². The van der Waals surface area contributed by atoms with Crippen molar-refractivity contribution in [3.63, 3.8) is 0 Å². The Balaban J connectivity index is 0.00000200. The average Bonchev–Trinajstić information content (AvgIpc) is 2.37. The third-order valence-electron chi connectivity index (χ3n) is 3.47. The maximum atomic E-state index is 13.4. The van der Waals surface area contributed by atoms with Gasteiger partial charge in [0.15, 0.2) is 0 Å². The summed E-state index contributed by atoms with van der Waals surface area (Å²) in [6.07, 6.45) is 1.78. The zero-order chi connectivity index (χ0) is 13.8. The number of carbonyl (C=O) groups is 1. The van der Waals surface area contributed by atoms with Crippen LogP contribution in [0.4, 0.5) is 8.78 Å². The molecule has 112 valence electrons. The average molecular weight is 305 g/mol. The van der Waals surface area contributed by atoms with Crippen LogP contribution in [0.5, 0.6) is 0 Å². The highest BCUT2D eigenvalue weighted by Gasteiger charge is 2.22. The second kappa shape index (κ2) is 7.55. The summed E-state index contributed by atoms with van der Waals surface area (Å²) in [6.45, 7) is 2.96. The largest absolute Gasteiger partial charge is 0.352 e. The molecule has 0 bridgehead atoms. The zero-order valence-electron chi connectivity index (χ0n) is 11.3. The molecule has 0 aliphatic carbocycles. The number of hydrogen-bond donors (Lipinski definition) is 2. The molecule has 1 aliphatic rings. The van der Waals surface area contributed by atoms with Gasteiger partial charge >= 0.3 is 0 Å². The molecule has 1 aliphatic heterocycles. The Kier molecular flexibility index (Phi) is 6.36. The number of rotatable bonds is 3. The van der Waals surface area contributed by atoms with Crippen LogP contribution < -0.4 is 10.6 Å². The van der Waals surface area contributed by atoms with E-state index in [0.717, 1.165) is 37.6 Å². The summed E-state index contributed by atoms with van der Waals surface area (Å²) in [5.74, 6) is -1.35. The number of hydrogen-bond acceptors (Lipinski definition) is 2. The number of halogens is 3. The smallest absolute Gasteiger partial charge is 0.224 e. The Morgan fingerprint density at radius 1 is 1.45 bits per heavy atom. The molecule has 3 nitrogen and oxygen atoms in total. The van der Waals surface area contributed by atoms with Crippen LogP contribution in [0.15, 0.2) is 18.2 Å². The number of benzene rings is 1. The lowest BCUT2D eigenvalue weighted by Crippen LogP contribution is -2.52. The fourth-order valence-electron chi connectivity index (χ4n) is 2.35. The first-order valence-electron chi connectivity index (χ1n) is 6.53. The van der Waals surface area contributed by atoms with Gasteiger partial charge in [0, 0.05) is 17.6 Å². The molecule has 20 heavy (non-hydrogen) atoms. The second-order valence-electron chi connectivity index (χ2n) is 4.97. The predicted molar refractivity (Wildman–Crippen MR) is 75.9 cm³/mol. The van der Waals surface area contributed by atoms with Crippen molar-refractivity contribution in [2.75, 3.05) is 6.54 Å². The molecular formula is C14H19ClF2N2O. The Morgan fingerprint density at radius 2 is 2.20 bits per heavy atom.